The standard InChI is InChI=1S/C17H24N6O/c1-13-6-4-5-7-14(13)15-11-23(8-9-24-15)17(18-2)19-10-16-21-20-12-22(16)3/h4-7,12,15H,8-11H2,1-3H3,(H,18,19). The largest absolute Gasteiger partial charge is 0.370 e. The highest BCUT2D eigenvalue weighted by atomic mass is 16.5. The number of nitrogens with one attached hydrogen (secondary N) is 1. The Hall–Kier alpha value is -2.41. The van der Waals surface area contributed by atoms with Crippen LogP contribution in [-0.2, 0) is 18.3 Å². The number of aromatic nitrogens is 3. The first-order valence-electron chi connectivity index (χ1n) is 8.14. The lowest BCUT2D eigenvalue weighted by Crippen LogP contribution is -2.48. The average Bonchev–Trinajstić information content (AvgIpc) is 3.01. The zero-order chi connectivity index (χ0) is 16.9. The molecule has 0 bridgehead atoms. The van der Waals surface area contributed by atoms with E-state index in [1.54, 1.807) is 13.4 Å². The van der Waals surface area contributed by atoms with Gasteiger partial charge in [-0.1, -0.05) is 24.3 Å². The Labute approximate surface area is 142 Å². The summed E-state index contributed by atoms with van der Waals surface area (Å²) in [7, 11) is 3.74. The summed E-state index contributed by atoms with van der Waals surface area (Å²) in [5, 5.41) is 11.4. The Morgan fingerprint density at radius 3 is 2.96 bits per heavy atom. The van der Waals surface area contributed by atoms with Gasteiger partial charge in [-0.25, -0.2) is 0 Å². The van der Waals surface area contributed by atoms with Crippen molar-refractivity contribution in [2.24, 2.45) is 12.0 Å². The van der Waals surface area contributed by atoms with Crippen molar-refractivity contribution in [3.8, 4) is 0 Å². The van der Waals surface area contributed by atoms with Crippen molar-refractivity contribution in [2.45, 2.75) is 19.6 Å². The predicted octanol–water partition coefficient (Wildman–Crippen LogP) is 1.27. The summed E-state index contributed by atoms with van der Waals surface area (Å²) in [5.41, 5.74) is 2.50. The molecule has 1 aliphatic heterocycles. The summed E-state index contributed by atoms with van der Waals surface area (Å²) in [6.45, 7) is 5.00. The monoisotopic (exact) mass is 328 g/mol. The first kappa shape index (κ1) is 16.4. The molecular formula is C17H24N6O. The Balaban J connectivity index is 1.66. The molecule has 1 unspecified atom stereocenters. The zero-order valence-electron chi connectivity index (χ0n) is 14.4. The smallest absolute Gasteiger partial charge is 0.194 e. The summed E-state index contributed by atoms with van der Waals surface area (Å²) >= 11 is 0. The molecule has 1 N–H and O–H groups in total. The lowest BCUT2D eigenvalue weighted by Gasteiger charge is -2.35. The van der Waals surface area contributed by atoms with Gasteiger partial charge in [0.05, 0.1) is 19.7 Å². The number of ether oxygens (including phenoxy) is 1. The van der Waals surface area contributed by atoms with Crippen molar-refractivity contribution in [3.63, 3.8) is 0 Å². The normalized spacial score (nSPS) is 18.7. The fourth-order valence-electron chi connectivity index (χ4n) is 2.94. The van der Waals surface area contributed by atoms with Gasteiger partial charge in [0.25, 0.3) is 0 Å². The lowest BCUT2D eigenvalue weighted by atomic mass is 10.0. The Kier molecular flexibility index (Phi) is 5.10. The number of benzene rings is 1. The topological polar surface area (TPSA) is 67.6 Å². The van der Waals surface area contributed by atoms with Crippen LogP contribution in [-0.4, -0.2) is 52.4 Å². The summed E-state index contributed by atoms with van der Waals surface area (Å²) in [5.74, 6) is 1.74. The van der Waals surface area contributed by atoms with E-state index in [-0.39, 0.29) is 6.10 Å². The average molecular weight is 328 g/mol. The molecule has 0 saturated carbocycles. The molecule has 7 nitrogen and oxygen atoms in total. The summed E-state index contributed by atoms with van der Waals surface area (Å²) in [6, 6.07) is 8.38. The van der Waals surface area contributed by atoms with Crippen LogP contribution in [0, 0.1) is 6.92 Å². The summed E-state index contributed by atoms with van der Waals surface area (Å²) < 4.78 is 7.89. The minimum Gasteiger partial charge on any atom is -0.370 e. The van der Waals surface area contributed by atoms with Gasteiger partial charge >= 0.3 is 0 Å². The van der Waals surface area contributed by atoms with Crippen molar-refractivity contribution in [1.82, 2.24) is 25.0 Å². The third kappa shape index (κ3) is 3.56. The van der Waals surface area contributed by atoms with E-state index in [1.807, 2.05) is 11.6 Å². The fourth-order valence-corrected chi connectivity index (χ4v) is 2.94. The molecule has 2 heterocycles. The van der Waals surface area contributed by atoms with Gasteiger partial charge < -0.3 is 19.5 Å². The summed E-state index contributed by atoms with van der Waals surface area (Å²) in [6.07, 6.45) is 1.76. The summed E-state index contributed by atoms with van der Waals surface area (Å²) in [4.78, 5) is 6.64. The van der Waals surface area contributed by atoms with Crippen LogP contribution in [0.15, 0.2) is 35.6 Å². The van der Waals surface area contributed by atoms with Crippen LogP contribution in [0.5, 0.6) is 0 Å². The van der Waals surface area contributed by atoms with E-state index < -0.39 is 0 Å². The van der Waals surface area contributed by atoms with Gasteiger partial charge in [-0.15, -0.1) is 10.2 Å². The highest BCUT2D eigenvalue weighted by Gasteiger charge is 2.25. The first-order valence-corrected chi connectivity index (χ1v) is 8.14. The van der Waals surface area contributed by atoms with Gasteiger partial charge in [0.15, 0.2) is 11.8 Å². The van der Waals surface area contributed by atoms with E-state index in [4.69, 9.17) is 4.74 Å². The number of nitrogens with zero attached hydrogens (tertiary/aromatic N) is 5. The number of rotatable bonds is 3. The van der Waals surface area contributed by atoms with Crippen LogP contribution in [0.3, 0.4) is 0 Å². The van der Waals surface area contributed by atoms with E-state index in [1.165, 1.54) is 11.1 Å². The third-order valence-corrected chi connectivity index (χ3v) is 4.32. The molecule has 2 aromatic rings. The number of guanidine groups is 1. The Bertz CT molecular complexity index is 711. The molecule has 1 saturated heterocycles. The predicted molar refractivity (Wildman–Crippen MR) is 92.6 cm³/mol. The van der Waals surface area contributed by atoms with E-state index in [2.05, 4.69) is 56.6 Å². The van der Waals surface area contributed by atoms with Gasteiger partial charge in [-0.05, 0) is 18.1 Å². The van der Waals surface area contributed by atoms with Gasteiger partial charge in [0.2, 0.25) is 0 Å². The fraction of sp³-hybridized carbons (Fsp3) is 0.471. The molecule has 1 atom stereocenters. The number of aliphatic imine (C=N–C) groups is 1. The van der Waals surface area contributed by atoms with Crippen molar-refractivity contribution in [3.05, 3.63) is 47.5 Å². The highest BCUT2D eigenvalue weighted by Crippen LogP contribution is 2.24. The van der Waals surface area contributed by atoms with Crippen LogP contribution < -0.4 is 5.32 Å². The molecule has 1 aromatic heterocycles. The molecule has 1 fully saturated rings. The van der Waals surface area contributed by atoms with Crippen LogP contribution in [0.4, 0.5) is 0 Å². The third-order valence-electron chi connectivity index (χ3n) is 4.32. The second-order valence-corrected chi connectivity index (χ2v) is 5.92. The molecule has 0 amide bonds. The Morgan fingerprint density at radius 2 is 2.25 bits per heavy atom. The van der Waals surface area contributed by atoms with Gasteiger partial charge in [-0.2, -0.15) is 0 Å². The molecule has 1 aliphatic rings. The van der Waals surface area contributed by atoms with E-state index >= 15 is 0 Å². The van der Waals surface area contributed by atoms with Crippen molar-refractivity contribution < 1.29 is 4.74 Å². The number of hydrogen-bond donors (Lipinski definition) is 1. The van der Waals surface area contributed by atoms with E-state index in [9.17, 15) is 0 Å². The maximum absolute atomic E-state index is 5.99. The van der Waals surface area contributed by atoms with Crippen LogP contribution in [0.2, 0.25) is 0 Å². The minimum absolute atomic E-state index is 0.0633. The molecule has 7 heteroatoms. The van der Waals surface area contributed by atoms with Gasteiger partial charge in [-0.3, -0.25) is 4.99 Å². The van der Waals surface area contributed by atoms with E-state index in [0.29, 0.717) is 13.2 Å². The van der Waals surface area contributed by atoms with E-state index in [0.717, 1.165) is 24.9 Å². The SMILES string of the molecule is CN=C(NCc1nncn1C)N1CCOC(c2ccccc2C)C1. The molecule has 0 radical (unpaired) electrons. The molecule has 24 heavy (non-hydrogen) atoms. The minimum atomic E-state index is 0.0633. The van der Waals surface area contributed by atoms with Crippen molar-refractivity contribution >= 4 is 5.96 Å². The highest BCUT2D eigenvalue weighted by molar-refractivity contribution is 5.80. The van der Waals surface area contributed by atoms with Crippen LogP contribution in [0.25, 0.3) is 0 Å². The molecular weight excluding hydrogens is 304 g/mol. The molecule has 0 spiro atoms. The number of hydrogen-bond acceptors (Lipinski definition) is 4. The lowest BCUT2D eigenvalue weighted by molar-refractivity contribution is -0.00835. The van der Waals surface area contributed by atoms with Gasteiger partial charge in [0, 0.05) is 20.6 Å². The molecule has 128 valence electrons. The second kappa shape index (κ2) is 7.44. The maximum Gasteiger partial charge on any atom is 0.194 e. The molecule has 1 aromatic carbocycles. The zero-order valence-corrected chi connectivity index (χ0v) is 14.4. The number of aryl methyl sites for hydroxylation is 2. The van der Waals surface area contributed by atoms with Crippen LogP contribution >= 0.6 is 0 Å². The Morgan fingerprint density at radius 1 is 1.42 bits per heavy atom. The second-order valence-electron chi connectivity index (χ2n) is 5.92. The van der Waals surface area contributed by atoms with Crippen molar-refractivity contribution in [1.29, 1.82) is 0 Å². The quantitative estimate of drug-likeness (QED) is 0.679. The van der Waals surface area contributed by atoms with Gasteiger partial charge in [0.1, 0.15) is 12.4 Å². The number of morpholine rings is 1. The van der Waals surface area contributed by atoms with Crippen LogP contribution in [0.1, 0.15) is 23.1 Å². The molecule has 0 aliphatic carbocycles. The molecule has 3 rings (SSSR count). The first-order chi connectivity index (χ1) is 11.7. The van der Waals surface area contributed by atoms with Crippen molar-refractivity contribution in [2.75, 3.05) is 26.7 Å². The maximum atomic E-state index is 5.99.